The molecule has 3 heteroatoms. The normalized spacial score (nSPS) is 27.6. The van der Waals surface area contributed by atoms with Gasteiger partial charge in [-0.2, -0.15) is 0 Å². The van der Waals surface area contributed by atoms with Crippen LogP contribution in [0.3, 0.4) is 0 Å². The summed E-state index contributed by atoms with van der Waals surface area (Å²) in [6.07, 6.45) is 1.98. The molecule has 0 aromatic carbocycles. The van der Waals surface area contributed by atoms with E-state index in [0.29, 0.717) is 5.37 Å². The molecule has 2 atom stereocenters. The lowest BCUT2D eigenvalue weighted by Gasteiger charge is -2.27. The molecule has 76 valence electrons. The lowest BCUT2D eigenvalue weighted by Crippen LogP contribution is -2.31. The van der Waals surface area contributed by atoms with E-state index in [1.807, 2.05) is 24.9 Å². The summed E-state index contributed by atoms with van der Waals surface area (Å²) >= 11 is 1.98. The summed E-state index contributed by atoms with van der Waals surface area (Å²) in [7, 11) is 0. The van der Waals surface area contributed by atoms with E-state index in [4.69, 9.17) is 0 Å². The van der Waals surface area contributed by atoms with Crippen molar-refractivity contribution in [2.45, 2.75) is 19.2 Å². The van der Waals surface area contributed by atoms with Crippen molar-refractivity contribution in [1.29, 1.82) is 0 Å². The Morgan fingerprint density at radius 3 is 2.93 bits per heavy atom. The van der Waals surface area contributed by atoms with Gasteiger partial charge >= 0.3 is 0 Å². The Balaban J connectivity index is 2.05. The van der Waals surface area contributed by atoms with E-state index in [2.05, 4.69) is 29.4 Å². The van der Waals surface area contributed by atoms with Crippen molar-refractivity contribution in [3.8, 4) is 0 Å². The van der Waals surface area contributed by atoms with E-state index in [9.17, 15) is 0 Å². The van der Waals surface area contributed by atoms with Crippen LogP contribution in [0.25, 0.3) is 0 Å². The summed E-state index contributed by atoms with van der Waals surface area (Å²) in [6, 6.07) is 4.25. The Hall–Kier alpha value is -0.540. The Bertz CT molecular complexity index is 289. The third-order valence-corrected chi connectivity index (χ3v) is 3.97. The highest BCUT2D eigenvalue weighted by atomic mass is 32.2. The molecule has 1 fully saturated rings. The lowest BCUT2D eigenvalue weighted by molar-refractivity contribution is 0.529. The van der Waals surface area contributed by atoms with Crippen molar-refractivity contribution in [2.75, 3.05) is 12.3 Å². The highest BCUT2D eigenvalue weighted by molar-refractivity contribution is 7.99. The fourth-order valence-corrected chi connectivity index (χ4v) is 2.72. The fraction of sp³-hybridized carbons (Fsp3) is 0.545. The number of hydrogen-bond acceptors (Lipinski definition) is 3. The number of aryl methyl sites for hydroxylation is 1. The molecular weight excluding hydrogens is 192 g/mol. The second kappa shape index (κ2) is 4.32. The van der Waals surface area contributed by atoms with Crippen LogP contribution in [0.15, 0.2) is 18.3 Å². The molecule has 0 amide bonds. The molecule has 2 nitrogen and oxygen atoms in total. The first-order valence-electron chi connectivity index (χ1n) is 5.03. The molecule has 2 unspecified atom stereocenters. The zero-order valence-corrected chi connectivity index (χ0v) is 9.47. The molecule has 14 heavy (non-hydrogen) atoms. The molecule has 1 N–H and O–H groups in total. The average molecular weight is 208 g/mol. The van der Waals surface area contributed by atoms with Crippen LogP contribution in [0, 0.1) is 12.8 Å². The number of thioether (sulfide) groups is 1. The summed E-state index contributed by atoms with van der Waals surface area (Å²) in [6.45, 7) is 5.42. The van der Waals surface area contributed by atoms with Crippen molar-refractivity contribution >= 4 is 11.8 Å². The maximum absolute atomic E-state index is 4.32. The molecule has 1 saturated heterocycles. The molecule has 2 heterocycles. The van der Waals surface area contributed by atoms with E-state index in [1.54, 1.807) is 0 Å². The topological polar surface area (TPSA) is 24.9 Å². The van der Waals surface area contributed by atoms with E-state index in [0.717, 1.165) is 18.2 Å². The van der Waals surface area contributed by atoms with Crippen LogP contribution in [0.5, 0.6) is 0 Å². The van der Waals surface area contributed by atoms with Gasteiger partial charge in [-0.1, -0.05) is 13.0 Å². The van der Waals surface area contributed by atoms with Crippen LogP contribution in [0.2, 0.25) is 0 Å². The summed E-state index contributed by atoms with van der Waals surface area (Å²) in [5.41, 5.74) is 2.38. The number of aromatic nitrogens is 1. The molecule has 1 aliphatic rings. The first-order valence-corrected chi connectivity index (χ1v) is 6.08. The van der Waals surface area contributed by atoms with Gasteiger partial charge in [-0.3, -0.25) is 4.98 Å². The maximum Gasteiger partial charge on any atom is 0.0804 e. The smallest absolute Gasteiger partial charge is 0.0804 e. The monoisotopic (exact) mass is 208 g/mol. The summed E-state index contributed by atoms with van der Waals surface area (Å²) < 4.78 is 0. The van der Waals surface area contributed by atoms with Crippen molar-refractivity contribution in [3.05, 3.63) is 29.6 Å². The molecule has 0 radical (unpaired) electrons. The van der Waals surface area contributed by atoms with Crippen molar-refractivity contribution in [1.82, 2.24) is 10.3 Å². The van der Waals surface area contributed by atoms with E-state index < -0.39 is 0 Å². The van der Waals surface area contributed by atoms with Crippen LogP contribution >= 0.6 is 11.8 Å². The number of pyridine rings is 1. The first kappa shape index (κ1) is 9.99. The van der Waals surface area contributed by atoms with Gasteiger partial charge in [-0.15, -0.1) is 11.8 Å². The number of nitrogens with zero attached hydrogens (tertiary/aromatic N) is 1. The second-order valence-corrected chi connectivity index (χ2v) is 5.10. The first-order chi connectivity index (χ1) is 6.75. The van der Waals surface area contributed by atoms with Gasteiger partial charge in [-0.25, -0.2) is 0 Å². The van der Waals surface area contributed by atoms with Gasteiger partial charge in [0.15, 0.2) is 0 Å². The Morgan fingerprint density at radius 2 is 2.36 bits per heavy atom. The van der Waals surface area contributed by atoms with Crippen LogP contribution in [-0.4, -0.2) is 17.3 Å². The minimum Gasteiger partial charge on any atom is -0.301 e. The van der Waals surface area contributed by atoms with Gasteiger partial charge in [0.2, 0.25) is 0 Å². The molecule has 2 rings (SSSR count). The van der Waals surface area contributed by atoms with E-state index >= 15 is 0 Å². The zero-order chi connectivity index (χ0) is 9.97. The fourth-order valence-electron chi connectivity index (χ4n) is 1.53. The molecular formula is C11H16N2S. The molecule has 1 aromatic rings. The SMILES string of the molecule is Cc1ccc(C2NCC(C)CS2)cn1. The van der Waals surface area contributed by atoms with Crippen molar-refractivity contribution in [2.24, 2.45) is 5.92 Å². The van der Waals surface area contributed by atoms with Crippen LogP contribution in [0.1, 0.15) is 23.6 Å². The Labute approximate surface area is 89.5 Å². The van der Waals surface area contributed by atoms with Gasteiger partial charge < -0.3 is 5.32 Å². The molecule has 1 aliphatic heterocycles. The maximum atomic E-state index is 4.32. The standard InChI is InChI=1S/C11H16N2S/c1-8-5-13-11(14-7-8)10-4-3-9(2)12-6-10/h3-4,6,8,11,13H,5,7H2,1-2H3. The van der Waals surface area contributed by atoms with Crippen LogP contribution in [-0.2, 0) is 0 Å². The summed E-state index contributed by atoms with van der Waals surface area (Å²) in [4.78, 5) is 4.32. The van der Waals surface area contributed by atoms with E-state index in [1.165, 1.54) is 11.3 Å². The zero-order valence-electron chi connectivity index (χ0n) is 8.66. The molecule has 0 aliphatic carbocycles. The predicted molar refractivity (Wildman–Crippen MR) is 61.3 cm³/mol. The molecule has 1 aromatic heterocycles. The Kier molecular flexibility index (Phi) is 3.08. The van der Waals surface area contributed by atoms with Crippen LogP contribution in [0.4, 0.5) is 0 Å². The highest BCUT2D eigenvalue weighted by Gasteiger charge is 2.19. The average Bonchev–Trinajstić information content (AvgIpc) is 2.21. The molecule has 0 spiro atoms. The third kappa shape index (κ3) is 2.28. The van der Waals surface area contributed by atoms with E-state index in [-0.39, 0.29) is 0 Å². The summed E-state index contributed by atoms with van der Waals surface area (Å²) in [5, 5.41) is 3.97. The number of rotatable bonds is 1. The summed E-state index contributed by atoms with van der Waals surface area (Å²) in [5.74, 6) is 2.03. The quantitative estimate of drug-likeness (QED) is 0.767. The predicted octanol–water partition coefficient (Wildman–Crippen LogP) is 2.36. The number of nitrogens with one attached hydrogen (secondary N) is 1. The lowest BCUT2D eigenvalue weighted by atomic mass is 10.2. The molecule has 0 bridgehead atoms. The van der Waals surface area contributed by atoms with Crippen LogP contribution < -0.4 is 5.32 Å². The number of hydrogen-bond donors (Lipinski definition) is 1. The van der Waals surface area contributed by atoms with Gasteiger partial charge in [0.05, 0.1) is 5.37 Å². The van der Waals surface area contributed by atoms with Gasteiger partial charge in [0, 0.05) is 11.9 Å². The van der Waals surface area contributed by atoms with Gasteiger partial charge in [0.1, 0.15) is 0 Å². The third-order valence-electron chi connectivity index (χ3n) is 2.44. The Morgan fingerprint density at radius 1 is 1.50 bits per heavy atom. The minimum atomic E-state index is 0.444. The van der Waals surface area contributed by atoms with Gasteiger partial charge in [0.25, 0.3) is 0 Å². The van der Waals surface area contributed by atoms with Crippen molar-refractivity contribution in [3.63, 3.8) is 0 Å². The minimum absolute atomic E-state index is 0.444. The second-order valence-electron chi connectivity index (χ2n) is 3.96. The van der Waals surface area contributed by atoms with Gasteiger partial charge in [-0.05, 0) is 36.8 Å². The molecule has 0 saturated carbocycles. The largest absolute Gasteiger partial charge is 0.301 e. The highest BCUT2D eigenvalue weighted by Crippen LogP contribution is 2.30. The van der Waals surface area contributed by atoms with Crippen molar-refractivity contribution < 1.29 is 0 Å².